The molecule has 0 aliphatic carbocycles. The van der Waals surface area contributed by atoms with Gasteiger partial charge in [0.25, 0.3) is 0 Å². The van der Waals surface area contributed by atoms with Crippen LogP contribution in [0.3, 0.4) is 0 Å². The molecule has 35 atom stereocenters. The summed E-state index contributed by atoms with van der Waals surface area (Å²) in [6.07, 6.45) is -67.6. The van der Waals surface area contributed by atoms with Crippen molar-refractivity contribution in [3.63, 3.8) is 0 Å². The Bertz CT molecular complexity index is 1900. The minimum atomic E-state index is -2.25. The minimum Gasteiger partial charge on any atom is -0.394 e. The second-order valence-electron chi connectivity index (χ2n) is 20.2. The fraction of sp³-hybridized carbons (Fsp3) is 0.956. The van der Waals surface area contributed by atoms with E-state index in [-0.39, 0.29) is 6.61 Å². The van der Waals surface area contributed by atoms with Crippen molar-refractivity contribution in [2.24, 2.45) is 0 Å². The molecule has 0 aromatic rings. The number of rotatable bonds is 22. The van der Waals surface area contributed by atoms with E-state index >= 15 is 0 Å². The highest BCUT2D eigenvalue weighted by Crippen LogP contribution is 2.38. The summed E-state index contributed by atoms with van der Waals surface area (Å²) < 4.78 is 79.9. The lowest BCUT2D eigenvalue weighted by Crippen LogP contribution is -2.68. The van der Waals surface area contributed by atoms with Crippen LogP contribution in [0.2, 0.25) is 0 Å². The Morgan fingerprint density at radius 1 is 0.259 bits per heavy atom. The first kappa shape index (κ1) is 66.8. The highest BCUT2D eigenvalue weighted by molar-refractivity contribution is 5.00. The summed E-state index contributed by atoms with van der Waals surface area (Å²) in [5, 5.41) is 236. The molecule has 472 valence electrons. The Morgan fingerprint density at radius 2 is 0.519 bits per heavy atom. The van der Waals surface area contributed by atoms with E-state index in [1.165, 1.54) is 6.08 Å². The largest absolute Gasteiger partial charge is 0.394 e. The predicted molar refractivity (Wildman–Crippen MR) is 246 cm³/mol. The molecular weight excluding hydrogens is 1120 g/mol. The number of aliphatic hydroxyl groups is 22. The molecular formula is C45H76O36. The van der Waals surface area contributed by atoms with Gasteiger partial charge in [-0.25, -0.2) is 0 Å². The topological polar surface area (TPSA) is 574 Å². The molecule has 0 radical (unpaired) electrons. The van der Waals surface area contributed by atoms with E-state index < -0.39 is 261 Å². The zero-order chi connectivity index (χ0) is 59.5. The summed E-state index contributed by atoms with van der Waals surface area (Å²) >= 11 is 0. The maximum absolute atomic E-state index is 11.5. The van der Waals surface area contributed by atoms with Crippen molar-refractivity contribution in [2.75, 3.05) is 52.9 Å². The summed E-state index contributed by atoms with van der Waals surface area (Å²) in [7, 11) is 0. The second kappa shape index (κ2) is 29.3. The van der Waals surface area contributed by atoms with Crippen molar-refractivity contribution in [1.29, 1.82) is 0 Å². The van der Waals surface area contributed by atoms with Gasteiger partial charge < -0.3 is 179 Å². The van der Waals surface area contributed by atoms with E-state index in [1.54, 1.807) is 0 Å². The van der Waals surface area contributed by atoms with Crippen LogP contribution in [0.4, 0.5) is 0 Å². The Hall–Kier alpha value is -1.70. The van der Waals surface area contributed by atoms with Gasteiger partial charge in [0.2, 0.25) is 0 Å². The molecule has 0 saturated carbocycles. The van der Waals surface area contributed by atoms with E-state index in [1.807, 2.05) is 0 Å². The third-order valence-corrected chi connectivity index (χ3v) is 14.9. The summed E-state index contributed by atoms with van der Waals surface area (Å²) in [6.45, 7) is -3.45. The Morgan fingerprint density at radius 3 is 0.889 bits per heavy atom. The molecule has 81 heavy (non-hydrogen) atoms. The van der Waals surface area contributed by atoms with Crippen LogP contribution >= 0.6 is 0 Å². The van der Waals surface area contributed by atoms with Crippen molar-refractivity contribution in [1.82, 2.24) is 0 Å². The lowest BCUT2D eigenvalue weighted by Gasteiger charge is -2.49. The molecule has 0 spiro atoms. The van der Waals surface area contributed by atoms with Crippen LogP contribution in [0.25, 0.3) is 0 Å². The SMILES string of the molecule is C=CCO[C@H]1O[C@H](CO)[C@@H](O)[C@H](O)[C@@H]1O[C@H]1O[C@H](CO)[C@@H](O)[C@H](O)[C@@H]1O[C@H]1O[C@H](CO[C@H]2O[C@H](CO)[C@@H](O)[C@H](O)[C@@H]2O[C@H]2O[C@H](CO)[C@@H](O)[C@H](O)[C@@H]2O[C@H]2O[C@H](CO)[C@@H](O)[C@H](O[C@H]3O[C@H](CO)[C@@H](O)[C@H](O)[C@@H]3O)[C@@H]2O)[C@@H](O)[C@H](O)[C@@H]1O. The second-order valence-corrected chi connectivity index (χ2v) is 20.2. The van der Waals surface area contributed by atoms with Gasteiger partial charge in [0.05, 0.1) is 52.9 Å². The molecule has 7 heterocycles. The molecule has 0 bridgehead atoms. The normalized spacial score (nSPS) is 51.9. The third kappa shape index (κ3) is 14.2. The van der Waals surface area contributed by atoms with Crippen LogP contribution < -0.4 is 0 Å². The molecule has 22 N–H and O–H groups in total. The van der Waals surface area contributed by atoms with Gasteiger partial charge in [0.1, 0.15) is 171 Å². The van der Waals surface area contributed by atoms with E-state index in [4.69, 9.17) is 66.3 Å². The monoisotopic (exact) mass is 1190 g/mol. The zero-order valence-corrected chi connectivity index (χ0v) is 42.7. The first-order valence-corrected chi connectivity index (χ1v) is 25.7. The summed E-state index contributed by atoms with van der Waals surface area (Å²) in [6, 6.07) is 0. The van der Waals surface area contributed by atoms with Crippen molar-refractivity contribution in [3.05, 3.63) is 12.7 Å². The van der Waals surface area contributed by atoms with Crippen LogP contribution in [-0.2, 0) is 66.3 Å². The van der Waals surface area contributed by atoms with Crippen LogP contribution in [0, 0.1) is 0 Å². The average molecular weight is 1190 g/mol. The molecule has 0 aromatic heterocycles. The van der Waals surface area contributed by atoms with E-state index in [2.05, 4.69) is 6.58 Å². The molecule has 7 rings (SSSR count). The van der Waals surface area contributed by atoms with Crippen LogP contribution in [-0.4, -0.2) is 380 Å². The number of ether oxygens (including phenoxy) is 14. The van der Waals surface area contributed by atoms with Gasteiger partial charge in [-0.2, -0.15) is 0 Å². The zero-order valence-electron chi connectivity index (χ0n) is 42.7. The Labute approximate surface area is 458 Å². The third-order valence-electron chi connectivity index (χ3n) is 14.9. The molecule has 7 fully saturated rings. The molecule has 7 aliphatic heterocycles. The van der Waals surface area contributed by atoms with Gasteiger partial charge in [-0.05, 0) is 0 Å². The first-order valence-electron chi connectivity index (χ1n) is 25.7. The molecule has 36 heteroatoms. The van der Waals surface area contributed by atoms with Gasteiger partial charge in [-0.1, -0.05) is 6.08 Å². The lowest BCUT2D eigenvalue weighted by molar-refractivity contribution is -0.404. The van der Waals surface area contributed by atoms with Gasteiger partial charge >= 0.3 is 0 Å². The highest BCUT2D eigenvalue weighted by atomic mass is 16.8. The van der Waals surface area contributed by atoms with Crippen LogP contribution in [0.1, 0.15) is 0 Å². The van der Waals surface area contributed by atoms with Crippen molar-refractivity contribution < 1.29 is 179 Å². The highest BCUT2D eigenvalue weighted by Gasteiger charge is 2.58. The van der Waals surface area contributed by atoms with Gasteiger partial charge in [0.15, 0.2) is 44.0 Å². The summed E-state index contributed by atoms with van der Waals surface area (Å²) in [5.41, 5.74) is 0. The standard InChI is InChI=1S/C45H76O36/c1-2-3-68-42-35(27(61)19(53)12(5-47)72-42)80-44-37(29(63)21(55)14(7-49)74-44)78-40-32(66)26(60)23(57)17(76-40)10-69-43-36(28(62)20(54)13(6-48)73-43)81-45-38(30(64)22(56)15(8-50)75-45)79-41-33(67)34(24(58)16(9-51)71-41)77-39-31(65)25(59)18(52)11(4-46)70-39/h2,11-67H,1,3-10H2/t11-,12-,13-,14-,15-,16-,17-,18-,19-,20-,21-,22-,23-,24-,25+,26+,27+,28+,29+,30+,31+,32+,33+,34+,35+,36+,37+,38+,39-,40-,41-,42+,43+,44-,45-/m1/s1. The minimum absolute atomic E-state index is 0.235. The predicted octanol–water partition coefficient (Wildman–Crippen LogP) is -15.1. The molecule has 0 amide bonds. The van der Waals surface area contributed by atoms with Gasteiger partial charge in [-0.15, -0.1) is 6.58 Å². The van der Waals surface area contributed by atoms with Crippen molar-refractivity contribution >= 4 is 0 Å². The van der Waals surface area contributed by atoms with Gasteiger partial charge in [-0.3, -0.25) is 0 Å². The maximum Gasteiger partial charge on any atom is 0.187 e. The number of aliphatic hydroxyl groups excluding tert-OH is 22. The van der Waals surface area contributed by atoms with E-state index in [9.17, 15) is 112 Å². The van der Waals surface area contributed by atoms with E-state index in [0.29, 0.717) is 0 Å². The fourth-order valence-electron chi connectivity index (χ4n) is 10.1. The molecule has 7 saturated heterocycles. The lowest BCUT2D eigenvalue weighted by atomic mass is 9.95. The Kier molecular flexibility index (Phi) is 24.2. The molecule has 0 unspecified atom stereocenters. The van der Waals surface area contributed by atoms with Gasteiger partial charge in [0, 0.05) is 0 Å². The number of hydrogen-bond donors (Lipinski definition) is 22. The smallest absolute Gasteiger partial charge is 0.187 e. The summed E-state index contributed by atoms with van der Waals surface area (Å²) in [5.74, 6) is 0. The Balaban J connectivity index is 1.10. The first-order chi connectivity index (χ1) is 38.5. The molecule has 7 aliphatic rings. The van der Waals surface area contributed by atoms with E-state index in [0.717, 1.165) is 0 Å². The molecule has 0 aromatic carbocycles. The van der Waals surface area contributed by atoms with Crippen LogP contribution in [0.15, 0.2) is 12.7 Å². The van der Waals surface area contributed by atoms with Crippen molar-refractivity contribution in [2.45, 2.75) is 215 Å². The maximum atomic E-state index is 11.5. The van der Waals surface area contributed by atoms with Crippen molar-refractivity contribution in [3.8, 4) is 0 Å². The fourth-order valence-corrected chi connectivity index (χ4v) is 10.1. The number of hydrogen-bond acceptors (Lipinski definition) is 36. The van der Waals surface area contributed by atoms with Crippen LogP contribution in [0.5, 0.6) is 0 Å². The molecule has 36 nitrogen and oxygen atoms in total. The quantitative estimate of drug-likeness (QED) is 0.0448. The average Bonchev–Trinajstić information content (AvgIpc) is 3.65. The summed E-state index contributed by atoms with van der Waals surface area (Å²) in [4.78, 5) is 0.